The van der Waals surface area contributed by atoms with Crippen molar-refractivity contribution in [2.45, 2.75) is 51.4 Å². The van der Waals surface area contributed by atoms with E-state index in [-0.39, 0.29) is 5.92 Å². The van der Waals surface area contributed by atoms with Gasteiger partial charge in [0.15, 0.2) is 0 Å². The molecule has 3 aromatic heterocycles. The summed E-state index contributed by atoms with van der Waals surface area (Å²) >= 11 is 0. The zero-order chi connectivity index (χ0) is 36.3. The zero-order valence-electron chi connectivity index (χ0n) is 30.7. The number of fused-ring (bicyclic) bond motifs is 8. The van der Waals surface area contributed by atoms with Gasteiger partial charge in [0.2, 0.25) is 0 Å². The van der Waals surface area contributed by atoms with Gasteiger partial charge >= 0.3 is 0 Å². The van der Waals surface area contributed by atoms with E-state index < -0.39 is 0 Å². The van der Waals surface area contributed by atoms with Gasteiger partial charge in [-0.3, -0.25) is 4.98 Å². The lowest BCUT2D eigenvalue weighted by Crippen LogP contribution is -2.00. The summed E-state index contributed by atoms with van der Waals surface area (Å²) in [5, 5.41) is 0. The quantitative estimate of drug-likeness (QED) is 0.147. The number of H-pyrrole nitrogens is 2. The largest absolute Gasteiger partial charge is 0.354 e. The number of hydrogen-bond donors (Lipinski definition) is 2. The van der Waals surface area contributed by atoms with E-state index in [0.29, 0.717) is 0 Å². The van der Waals surface area contributed by atoms with Crippen molar-refractivity contribution in [3.8, 4) is 44.5 Å². The number of nitrogens with one attached hydrogen (secondary N) is 2. The minimum Gasteiger partial charge on any atom is -0.354 e. The van der Waals surface area contributed by atoms with Crippen LogP contribution in [0.15, 0.2) is 146 Å². The number of nitrogens with zero attached hydrogens (tertiary/aromatic N) is 2. The van der Waals surface area contributed by atoms with Crippen molar-refractivity contribution in [2.75, 3.05) is 0 Å². The van der Waals surface area contributed by atoms with Crippen LogP contribution in [-0.2, 0) is 6.42 Å². The monoisotopic (exact) mass is 700 g/mol. The third kappa shape index (κ3) is 6.49. The molecule has 54 heavy (non-hydrogen) atoms. The Bertz CT molecular complexity index is 2600. The average molecular weight is 701 g/mol. The molecular formula is C50H44N4. The average Bonchev–Trinajstić information content (AvgIpc) is 4.06. The molecule has 0 amide bonds. The third-order valence-electron chi connectivity index (χ3n) is 10.9. The lowest BCUT2D eigenvalue weighted by atomic mass is 9.89. The van der Waals surface area contributed by atoms with Crippen molar-refractivity contribution in [3.63, 3.8) is 0 Å². The van der Waals surface area contributed by atoms with Crippen molar-refractivity contribution >= 4 is 34.2 Å². The minimum absolute atomic E-state index is 0.283. The van der Waals surface area contributed by atoms with E-state index >= 15 is 0 Å². The number of hydrogen-bond acceptors (Lipinski definition) is 2. The van der Waals surface area contributed by atoms with E-state index in [1.165, 1.54) is 42.5 Å². The maximum absolute atomic E-state index is 5.74. The topological polar surface area (TPSA) is 57.4 Å². The summed E-state index contributed by atoms with van der Waals surface area (Å²) in [6.07, 6.45) is 11.2. The second-order valence-electron chi connectivity index (χ2n) is 14.4. The molecule has 0 radical (unpaired) electrons. The highest BCUT2D eigenvalue weighted by Gasteiger charge is 2.28. The summed E-state index contributed by atoms with van der Waals surface area (Å²) in [7, 11) is 0. The first kappa shape index (κ1) is 33.6. The van der Waals surface area contributed by atoms with Crippen LogP contribution in [0.5, 0.6) is 0 Å². The van der Waals surface area contributed by atoms with E-state index in [1.54, 1.807) is 0 Å². The maximum Gasteiger partial charge on any atom is 0.0737 e. The first-order valence-corrected chi connectivity index (χ1v) is 19.4. The second-order valence-corrected chi connectivity index (χ2v) is 14.4. The highest BCUT2D eigenvalue weighted by Crippen LogP contribution is 2.42. The SMILES string of the molecule is CCCCCCC1Cc2nc1c(-c1ccccc1)c1ccc([nH]1)c(-c1ccccc1)c1nc(c(-c3ccccc3)c3ccc([nH]3)c2-c2ccccc2)C=C1. The van der Waals surface area contributed by atoms with Gasteiger partial charge in [-0.15, -0.1) is 0 Å². The highest BCUT2D eigenvalue weighted by molar-refractivity contribution is 5.97. The van der Waals surface area contributed by atoms with Crippen molar-refractivity contribution < 1.29 is 0 Å². The summed E-state index contributed by atoms with van der Waals surface area (Å²) in [5.41, 5.74) is 17.4. The maximum atomic E-state index is 5.74. The Hall–Kier alpha value is -6.26. The molecule has 0 spiro atoms. The molecule has 264 valence electrons. The van der Waals surface area contributed by atoms with Crippen molar-refractivity contribution in [1.29, 1.82) is 0 Å². The third-order valence-corrected chi connectivity index (χ3v) is 10.9. The molecule has 0 saturated heterocycles. The van der Waals surface area contributed by atoms with E-state index in [4.69, 9.17) is 9.97 Å². The Labute approximate surface area is 317 Å². The van der Waals surface area contributed by atoms with Gasteiger partial charge in [0.05, 0.1) is 22.8 Å². The van der Waals surface area contributed by atoms with Crippen LogP contribution in [0.3, 0.4) is 0 Å². The second kappa shape index (κ2) is 15.0. The fraction of sp³-hybridized carbons (Fsp3) is 0.160. The Balaban J connectivity index is 1.45. The summed E-state index contributed by atoms with van der Waals surface area (Å²) in [6, 6.07) is 51.8. The van der Waals surface area contributed by atoms with Gasteiger partial charge in [0.25, 0.3) is 0 Å². The number of benzene rings is 4. The van der Waals surface area contributed by atoms with E-state index in [9.17, 15) is 0 Å². The van der Waals surface area contributed by atoms with Gasteiger partial charge in [-0.25, -0.2) is 4.98 Å². The summed E-state index contributed by atoms with van der Waals surface area (Å²) in [5.74, 6) is 0.283. The van der Waals surface area contributed by atoms with E-state index in [2.05, 4.69) is 175 Å². The Morgan fingerprint density at radius 1 is 0.463 bits per heavy atom. The lowest BCUT2D eigenvalue weighted by molar-refractivity contribution is 0.562. The van der Waals surface area contributed by atoms with Crippen molar-refractivity contribution in [1.82, 2.24) is 19.9 Å². The van der Waals surface area contributed by atoms with Gasteiger partial charge in [-0.1, -0.05) is 154 Å². The predicted molar refractivity (Wildman–Crippen MR) is 227 cm³/mol. The van der Waals surface area contributed by atoms with Crippen molar-refractivity contribution in [3.05, 3.63) is 168 Å². The van der Waals surface area contributed by atoms with Gasteiger partial charge in [-0.2, -0.15) is 0 Å². The van der Waals surface area contributed by atoms with Gasteiger partial charge in [-0.05, 0) is 71.5 Å². The van der Waals surface area contributed by atoms with Crippen LogP contribution in [0.25, 0.3) is 78.7 Å². The zero-order valence-corrected chi connectivity index (χ0v) is 30.7. The van der Waals surface area contributed by atoms with E-state index in [1.807, 2.05) is 0 Å². The van der Waals surface area contributed by atoms with Gasteiger partial charge < -0.3 is 9.97 Å². The minimum atomic E-state index is 0.283. The molecule has 4 aromatic carbocycles. The summed E-state index contributed by atoms with van der Waals surface area (Å²) in [6.45, 7) is 2.29. The van der Waals surface area contributed by atoms with Crippen LogP contribution in [0.1, 0.15) is 67.7 Å². The first-order valence-electron chi connectivity index (χ1n) is 19.4. The fourth-order valence-electron chi connectivity index (χ4n) is 8.32. The number of unbranched alkanes of at least 4 members (excludes halogenated alkanes) is 3. The lowest BCUT2D eigenvalue weighted by Gasteiger charge is -2.14. The molecule has 0 saturated carbocycles. The van der Waals surface area contributed by atoms with Crippen LogP contribution < -0.4 is 0 Å². The molecular weight excluding hydrogens is 657 g/mol. The van der Waals surface area contributed by atoms with Gasteiger partial charge in [0, 0.05) is 50.2 Å². The molecule has 7 aromatic rings. The highest BCUT2D eigenvalue weighted by atomic mass is 14.8. The molecule has 8 bridgehead atoms. The Morgan fingerprint density at radius 3 is 1.37 bits per heavy atom. The molecule has 4 heteroatoms. The first-order chi connectivity index (χ1) is 26.7. The molecule has 2 N–H and O–H groups in total. The smallest absolute Gasteiger partial charge is 0.0737 e. The number of rotatable bonds is 9. The standard InChI is InChI=1S/C50H44N4/c1-2-3-4-9-26-38-33-45-48(36-22-14-7-15-23-36)43-30-29-41(52-43)46(34-18-10-5-11-19-34)39-27-28-40(51-39)47(35-20-12-6-13-21-35)42-31-32-44(53-42)49(50(38)54-45)37-24-16-8-17-25-37/h5-8,10-25,27-32,38,52-53H,2-4,9,26,33H2,1H3. The Kier molecular flexibility index (Phi) is 9.32. The van der Waals surface area contributed by atoms with E-state index in [0.717, 1.165) is 85.4 Å². The summed E-state index contributed by atoms with van der Waals surface area (Å²) in [4.78, 5) is 19.0. The van der Waals surface area contributed by atoms with Crippen LogP contribution in [0, 0.1) is 0 Å². The normalized spacial score (nSPS) is 13.7. The van der Waals surface area contributed by atoms with Crippen LogP contribution in [-0.4, -0.2) is 19.9 Å². The van der Waals surface area contributed by atoms with Gasteiger partial charge in [0.1, 0.15) is 0 Å². The Morgan fingerprint density at radius 2 is 0.889 bits per heavy atom. The van der Waals surface area contributed by atoms with Crippen LogP contribution in [0.4, 0.5) is 0 Å². The molecule has 5 heterocycles. The van der Waals surface area contributed by atoms with Crippen LogP contribution >= 0.6 is 0 Å². The molecule has 4 nitrogen and oxygen atoms in total. The molecule has 2 aliphatic heterocycles. The number of aromatic nitrogens is 4. The predicted octanol–water partition coefficient (Wildman–Crippen LogP) is 13.4. The van der Waals surface area contributed by atoms with Crippen molar-refractivity contribution in [2.24, 2.45) is 0 Å². The number of aromatic amines is 2. The fourth-order valence-corrected chi connectivity index (χ4v) is 8.32. The molecule has 0 aliphatic carbocycles. The van der Waals surface area contributed by atoms with Crippen LogP contribution in [0.2, 0.25) is 0 Å². The molecule has 2 aliphatic rings. The molecule has 9 rings (SSSR count). The summed E-state index contributed by atoms with van der Waals surface area (Å²) < 4.78 is 0. The molecule has 1 atom stereocenters. The molecule has 1 unspecified atom stereocenters. The molecule has 0 fully saturated rings.